The van der Waals surface area contributed by atoms with Crippen molar-refractivity contribution >= 4 is 15.7 Å². The Morgan fingerprint density at radius 3 is 1.66 bits per heavy atom. The topological polar surface area (TPSA) is 95.3 Å². The zero-order valence-corrected chi connectivity index (χ0v) is 27.5. The summed E-state index contributed by atoms with van der Waals surface area (Å²) in [6.45, 7) is 0. The summed E-state index contributed by atoms with van der Waals surface area (Å²) in [5, 5.41) is 10.7. The molecule has 3 aromatic heterocycles. The Morgan fingerprint density at radius 2 is 1.12 bits per heavy atom. The molecule has 0 fully saturated rings. The van der Waals surface area contributed by atoms with E-state index in [9.17, 15) is 12.8 Å². The number of benzene rings is 5. The van der Waals surface area contributed by atoms with Crippen molar-refractivity contribution in [2.24, 2.45) is 5.14 Å². The summed E-state index contributed by atoms with van der Waals surface area (Å²) in [6.07, 6.45) is 5.81. The fourth-order valence-corrected chi connectivity index (χ4v) is 7.20. The molecule has 0 atom stereocenters. The number of halogens is 1. The van der Waals surface area contributed by atoms with E-state index < -0.39 is 15.6 Å². The molecular weight excluding hydrogens is 646 g/mol. The van der Waals surface area contributed by atoms with Crippen LogP contribution in [0.4, 0.5) is 4.39 Å². The third kappa shape index (κ3) is 5.38. The van der Waals surface area contributed by atoms with Gasteiger partial charge in [-0.1, -0.05) is 103 Å². The largest absolute Gasteiger partial charge is 0.299 e. The van der Waals surface area contributed by atoms with Crippen molar-refractivity contribution < 1.29 is 12.8 Å². The van der Waals surface area contributed by atoms with E-state index in [2.05, 4.69) is 47.6 Å². The molecular formula is C41H30FN5O2S. The molecule has 8 aromatic rings. The number of imidazole rings is 1. The van der Waals surface area contributed by atoms with Crippen LogP contribution in [0.1, 0.15) is 16.7 Å². The van der Waals surface area contributed by atoms with Gasteiger partial charge in [0.05, 0.1) is 16.8 Å². The van der Waals surface area contributed by atoms with Gasteiger partial charge < -0.3 is 0 Å². The van der Waals surface area contributed by atoms with Crippen molar-refractivity contribution in [3.63, 3.8) is 0 Å². The van der Waals surface area contributed by atoms with Crippen LogP contribution in [-0.2, 0) is 15.6 Å². The molecule has 244 valence electrons. The Bertz CT molecular complexity index is 2450. The van der Waals surface area contributed by atoms with Crippen LogP contribution in [0.15, 0.2) is 175 Å². The third-order valence-electron chi connectivity index (χ3n) is 9.05. The van der Waals surface area contributed by atoms with Gasteiger partial charge in [-0.3, -0.25) is 9.08 Å². The number of nitrogens with zero attached hydrogens (tertiary/aromatic N) is 4. The second-order valence-corrected chi connectivity index (χ2v) is 13.6. The van der Waals surface area contributed by atoms with Crippen molar-refractivity contribution in [3.05, 3.63) is 193 Å². The van der Waals surface area contributed by atoms with Crippen molar-refractivity contribution in [1.82, 2.24) is 19.2 Å². The van der Waals surface area contributed by atoms with Crippen LogP contribution in [0.5, 0.6) is 0 Å². The molecule has 2 N–H and O–H groups in total. The van der Waals surface area contributed by atoms with Gasteiger partial charge in [0.15, 0.2) is 0 Å². The number of primary sulfonamides is 1. The average Bonchev–Trinajstić information content (AvgIpc) is 3.79. The predicted octanol–water partition coefficient (Wildman–Crippen LogP) is 8.16. The second-order valence-electron chi connectivity index (χ2n) is 12.0. The number of rotatable bonds is 8. The molecule has 0 amide bonds. The molecule has 0 unspecified atom stereocenters. The lowest BCUT2D eigenvalue weighted by Gasteiger charge is -2.36. The number of pyridine rings is 1. The molecule has 7 nitrogen and oxygen atoms in total. The van der Waals surface area contributed by atoms with Gasteiger partial charge in [0.2, 0.25) is 10.0 Å². The smallest absolute Gasteiger partial charge is 0.238 e. The first-order valence-electron chi connectivity index (χ1n) is 16.0. The zero-order chi connectivity index (χ0) is 34.3. The minimum absolute atomic E-state index is 0.0332. The summed E-state index contributed by atoms with van der Waals surface area (Å²) >= 11 is 0. The fourth-order valence-electron chi connectivity index (χ4n) is 6.68. The lowest BCUT2D eigenvalue weighted by atomic mass is 9.77. The Morgan fingerprint density at radius 1 is 0.600 bits per heavy atom. The number of hydrogen-bond donors (Lipinski definition) is 1. The molecule has 5 aromatic carbocycles. The first kappa shape index (κ1) is 31.1. The molecule has 8 rings (SSSR count). The van der Waals surface area contributed by atoms with E-state index in [1.54, 1.807) is 30.5 Å². The van der Waals surface area contributed by atoms with Crippen LogP contribution in [0.25, 0.3) is 39.3 Å². The molecule has 0 aliphatic carbocycles. The highest BCUT2D eigenvalue weighted by Crippen LogP contribution is 2.43. The minimum atomic E-state index is -3.83. The van der Waals surface area contributed by atoms with Crippen molar-refractivity contribution in [3.8, 4) is 33.6 Å². The van der Waals surface area contributed by atoms with Crippen molar-refractivity contribution in [2.45, 2.75) is 10.4 Å². The minimum Gasteiger partial charge on any atom is -0.299 e. The van der Waals surface area contributed by atoms with E-state index >= 15 is 0 Å². The Kier molecular flexibility index (Phi) is 7.71. The zero-order valence-electron chi connectivity index (χ0n) is 26.6. The fraction of sp³-hybridized carbons (Fsp3) is 0.0244. The SMILES string of the molecule is NS(=O)(=O)c1ccc(-c2cnc3ccc(-c4cn(C(c5ccccc5)(c5ccccc5)c5ccccc5)nc4-c4ccc(F)cc4)cn23)cc1. The molecule has 3 heterocycles. The number of hydrogen-bond acceptors (Lipinski definition) is 4. The van der Waals surface area contributed by atoms with Crippen LogP contribution >= 0.6 is 0 Å². The molecule has 9 heteroatoms. The standard InChI is InChI=1S/C41H30FN5O2S/c42-35-21-16-30(17-22-35)40-37(31-20-25-39-44-26-38(46(39)27-31)29-18-23-36(24-19-29)50(43,48)49)28-47(45-40)41(32-10-4-1-5-11-32,33-12-6-2-7-13-33)34-14-8-3-9-15-34/h1-28H,(H2,43,48,49). The predicted molar refractivity (Wildman–Crippen MR) is 193 cm³/mol. The van der Waals surface area contributed by atoms with Gasteiger partial charge in [-0.15, -0.1) is 0 Å². The normalized spacial score (nSPS) is 12.0. The van der Waals surface area contributed by atoms with Crippen molar-refractivity contribution in [1.29, 1.82) is 0 Å². The van der Waals surface area contributed by atoms with Crippen LogP contribution in [0.2, 0.25) is 0 Å². The number of sulfonamides is 1. The first-order valence-corrected chi connectivity index (χ1v) is 17.5. The highest BCUT2D eigenvalue weighted by Gasteiger charge is 2.40. The number of fused-ring (bicyclic) bond motifs is 1. The molecule has 0 bridgehead atoms. The van der Waals surface area contributed by atoms with Gasteiger partial charge in [0.1, 0.15) is 22.7 Å². The summed E-state index contributed by atoms with van der Waals surface area (Å²) in [5.74, 6) is -0.333. The lowest BCUT2D eigenvalue weighted by molar-refractivity contribution is 0.461. The summed E-state index contributed by atoms with van der Waals surface area (Å²) in [5.41, 5.74) is 7.56. The van der Waals surface area contributed by atoms with Crippen molar-refractivity contribution in [2.75, 3.05) is 0 Å². The molecule has 0 aliphatic heterocycles. The number of aromatic nitrogens is 4. The van der Waals surface area contributed by atoms with E-state index in [1.807, 2.05) is 82.0 Å². The Hall–Kier alpha value is -6.16. The third-order valence-corrected chi connectivity index (χ3v) is 9.97. The monoisotopic (exact) mass is 675 g/mol. The van der Waals surface area contributed by atoms with Crippen LogP contribution in [0, 0.1) is 5.82 Å². The van der Waals surface area contributed by atoms with E-state index in [0.29, 0.717) is 11.3 Å². The Labute approximate surface area is 288 Å². The summed E-state index contributed by atoms with van der Waals surface area (Å²) in [4.78, 5) is 4.65. The number of nitrogens with two attached hydrogens (primary N) is 1. The van der Waals surface area contributed by atoms with Gasteiger partial charge in [-0.25, -0.2) is 22.9 Å². The quantitative estimate of drug-likeness (QED) is 0.165. The van der Waals surface area contributed by atoms with Crippen LogP contribution in [0.3, 0.4) is 0 Å². The summed E-state index contributed by atoms with van der Waals surface area (Å²) < 4.78 is 42.0. The Balaban J connectivity index is 1.39. The summed E-state index contributed by atoms with van der Waals surface area (Å²) in [6, 6.07) is 47.6. The maximum Gasteiger partial charge on any atom is 0.238 e. The maximum atomic E-state index is 14.2. The van der Waals surface area contributed by atoms with Gasteiger partial charge in [-0.05, 0) is 65.2 Å². The summed E-state index contributed by atoms with van der Waals surface area (Å²) in [7, 11) is -3.83. The van der Waals surface area contributed by atoms with Crippen LogP contribution < -0.4 is 5.14 Å². The van der Waals surface area contributed by atoms with Gasteiger partial charge in [0, 0.05) is 34.6 Å². The lowest BCUT2D eigenvalue weighted by Crippen LogP contribution is -2.38. The molecule has 50 heavy (non-hydrogen) atoms. The molecule has 0 spiro atoms. The highest BCUT2D eigenvalue weighted by atomic mass is 32.2. The average molecular weight is 676 g/mol. The second kappa shape index (κ2) is 12.4. The molecule has 0 saturated heterocycles. The maximum absolute atomic E-state index is 14.2. The molecule has 0 saturated carbocycles. The van der Waals surface area contributed by atoms with E-state index in [-0.39, 0.29) is 10.7 Å². The van der Waals surface area contributed by atoms with Gasteiger partial charge >= 0.3 is 0 Å². The molecule has 0 radical (unpaired) electrons. The van der Waals surface area contributed by atoms with Gasteiger partial charge in [-0.2, -0.15) is 5.10 Å². The van der Waals surface area contributed by atoms with E-state index in [0.717, 1.165) is 44.6 Å². The van der Waals surface area contributed by atoms with E-state index in [1.165, 1.54) is 24.3 Å². The highest BCUT2D eigenvalue weighted by molar-refractivity contribution is 7.89. The van der Waals surface area contributed by atoms with E-state index in [4.69, 9.17) is 10.2 Å². The van der Waals surface area contributed by atoms with Gasteiger partial charge in [0.25, 0.3) is 0 Å². The molecule has 0 aliphatic rings. The van der Waals surface area contributed by atoms with Crippen LogP contribution in [-0.4, -0.2) is 27.6 Å². The first-order chi connectivity index (χ1) is 24.3.